The number of aromatic nitrogens is 2. The Kier molecular flexibility index (Phi) is 5.19. The molecule has 1 aliphatic heterocycles. The number of piperidine rings is 1. The summed E-state index contributed by atoms with van der Waals surface area (Å²) in [5, 5.41) is 14.3. The lowest BCUT2D eigenvalue weighted by molar-refractivity contribution is -0.155. The van der Waals surface area contributed by atoms with Crippen molar-refractivity contribution in [2.75, 3.05) is 26.8 Å². The number of carbonyl (C=O) groups excluding carboxylic acids is 1. The van der Waals surface area contributed by atoms with Gasteiger partial charge in [-0.1, -0.05) is 19.0 Å². The first-order valence-electron chi connectivity index (χ1n) is 9.07. The fourth-order valence-electron chi connectivity index (χ4n) is 3.68. The second-order valence-corrected chi connectivity index (χ2v) is 7.55. The quantitative estimate of drug-likeness (QED) is 0.856. The van der Waals surface area contributed by atoms with E-state index in [0.29, 0.717) is 41.7 Å². The van der Waals surface area contributed by atoms with Crippen molar-refractivity contribution in [3.05, 3.63) is 23.0 Å². The second kappa shape index (κ2) is 7.26. The summed E-state index contributed by atoms with van der Waals surface area (Å²) in [6, 6.07) is 1.77. The van der Waals surface area contributed by atoms with Gasteiger partial charge in [-0.25, -0.2) is 4.98 Å². The average Bonchev–Trinajstić information content (AvgIpc) is 3.02. The Hall–Kier alpha value is -2.48. The highest BCUT2D eigenvalue weighted by atomic mass is 16.5. The average molecular weight is 375 g/mol. The fourth-order valence-corrected chi connectivity index (χ4v) is 3.68. The van der Waals surface area contributed by atoms with Crippen molar-refractivity contribution >= 4 is 23.0 Å². The summed E-state index contributed by atoms with van der Waals surface area (Å²) in [6.07, 6.45) is 1.09. The van der Waals surface area contributed by atoms with Gasteiger partial charge in [-0.2, -0.15) is 0 Å². The van der Waals surface area contributed by atoms with Crippen molar-refractivity contribution in [2.24, 2.45) is 5.41 Å². The van der Waals surface area contributed by atoms with Gasteiger partial charge in [-0.05, 0) is 31.7 Å². The molecule has 1 atom stereocenters. The topological polar surface area (TPSA) is 106 Å². The first kappa shape index (κ1) is 19.3. The number of aliphatic carboxylic acids is 1. The first-order valence-corrected chi connectivity index (χ1v) is 9.07. The lowest BCUT2D eigenvalue weighted by Crippen LogP contribution is -2.52. The number of hydrogen-bond acceptors (Lipinski definition) is 6. The third kappa shape index (κ3) is 3.41. The summed E-state index contributed by atoms with van der Waals surface area (Å²) < 4.78 is 10.4. The largest absolute Gasteiger partial charge is 0.481 e. The van der Waals surface area contributed by atoms with E-state index in [2.05, 4.69) is 10.1 Å². The van der Waals surface area contributed by atoms with Crippen molar-refractivity contribution < 1.29 is 24.0 Å². The van der Waals surface area contributed by atoms with Crippen LogP contribution in [0.25, 0.3) is 11.1 Å². The van der Waals surface area contributed by atoms with Crippen LogP contribution in [0.1, 0.15) is 54.4 Å². The molecule has 0 spiro atoms. The Bertz CT molecular complexity index is 872. The molecule has 3 heterocycles. The van der Waals surface area contributed by atoms with E-state index in [0.717, 1.165) is 5.69 Å². The van der Waals surface area contributed by atoms with Gasteiger partial charge in [-0.15, -0.1) is 0 Å². The molecule has 146 valence electrons. The van der Waals surface area contributed by atoms with Crippen molar-refractivity contribution in [2.45, 2.75) is 39.5 Å². The maximum atomic E-state index is 13.3. The van der Waals surface area contributed by atoms with E-state index < -0.39 is 11.4 Å². The Morgan fingerprint density at radius 3 is 2.81 bits per heavy atom. The SMILES string of the molecule is COCC1(C(=O)O)CCCN(C(=O)c2cc(C(C)C)nc3onc(C)c23)C1. The van der Waals surface area contributed by atoms with Crippen molar-refractivity contribution in [3.63, 3.8) is 0 Å². The van der Waals surface area contributed by atoms with Gasteiger partial charge in [0.2, 0.25) is 0 Å². The van der Waals surface area contributed by atoms with Gasteiger partial charge in [0.1, 0.15) is 5.41 Å². The molecule has 3 rings (SSSR count). The van der Waals surface area contributed by atoms with Crippen LogP contribution >= 0.6 is 0 Å². The van der Waals surface area contributed by atoms with Gasteiger partial charge in [0.05, 0.1) is 23.3 Å². The van der Waals surface area contributed by atoms with E-state index in [1.807, 2.05) is 13.8 Å². The molecule has 1 unspecified atom stereocenters. The highest BCUT2D eigenvalue weighted by Gasteiger charge is 2.44. The summed E-state index contributed by atoms with van der Waals surface area (Å²) in [6.45, 7) is 6.42. The van der Waals surface area contributed by atoms with Gasteiger partial charge in [0.15, 0.2) is 0 Å². The number of nitrogens with zero attached hydrogens (tertiary/aromatic N) is 3. The third-order valence-corrected chi connectivity index (χ3v) is 5.20. The third-order valence-electron chi connectivity index (χ3n) is 5.20. The van der Waals surface area contributed by atoms with Gasteiger partial charge in [0, 0.05) is 25.9 Å². The Balaban J connectivity index is 2.02. The minimum absolute atomic E-state index is 0.0708. The number of carboxylic acids is 1. The van der Waals surface area contributed by atoms with Crippen molar-refractivity contribution in [3.8, 4) is 0 Å². The van der Waals surface area contributed by atoms with Crippen LogP contribution in [0.5, 0.6) is 0 Å². The zero-order valence-electron chi connectivity index (χ0n) is 16.1. The van der Waals surface area contributed by atoms with Crippen LogP contribution in [0, 0.1) is 12.3 Å². The number of methoxy groups -OCH3 is 1. The molecule has 1 aliphatic rings. The zero-order valence-corrected chi connectivity index (χ0v) is 16.1. The maximum absolute atomic E-state index is 13.3. The molecule has 1 fully saturated rings. The molecule has 1 amide bonds. The number of aryl methyl sites for hydroxylation is 1. The van der Waals surface area contributed by atoms with Crippen LogP contribution in [0.2, 0.25) is 0 Å². The molecule has 0 bridgehead atoms. The standard InChI is InChI=1S/C19H25N3O5/c1-11(2)14-8-13(15-12(3)21-27-16(15)20-14)17(23)22-7-5-6-19(9-22,10-26-4)18(24)25/h8,11H,5-7,9-10H2,1-4H3,(H,24,25). The highest BCUT2D eigenvalue weighted by Crippen LogP contribution is 2.33. The number of carboxylic acid groups (broad SMARTS) is 1. The van der Waals surface area contributed by atoms with E-state index in [4.69, 9.17) is 9.26 Å². The molecule has 0 saturated carbocycles. The Labute approximate surface area is 157 Å². The summed E-state index contributed by atoms with van der Waals surface area (Å²) in [7, 11) is 1.48. The van der Waals surface area contributed by atoms with Crippen LogP contribution in [0.3, 0.4) is 0 Å². The van der Waals surface area contributed by atoms with Crippen molar-refractivity contribution in [1.82, 2.24) is 15.0 Å². The Morgan fingerprint density at radius 2 is 2.19 bits per heavy atom. The lowest BCUT2D eigenvalue weighted by atomic mass is 9.80. The van der Waals surface area contributed by atoms with Crippen LogP contribution in [-0.2, 0) is 9.53 Å². The monoisotopic (exact) mass is 375 g/mol. The number of ether oxygens (including phenoxy) is 1. The van der Waals surface area contributed by atoms with Gasteiger partial charge >= 0.3 is 5.97 Å². The molecule has 0 aliphatic carbocycles. The summed E-state index contributed by atoms with van der Waals surface area (Å²) in [4.78, 5) is 31.3. The van der Waals surface area contributed by atoms with Crippen LogP contribution in [0.15, 0.2) is 10.6 Å². The minimum Gasteiger partial charge on any atom is -0.481 e. The zero-order chi connectivity index (χ0) is 19.8. The smallest absolute Gasteiger partial charge is 0.313 e. The predicted octanol–water partition coefficient (Wildman–Crippen LogP) is 2.61. The molecule has 27 heavy (non-hydrogen) atoms. The van der Waals surface area contributed by atoms with Crippen LogP contribution in [0.4, 0.5) is 0 Å². The summed E-state index contributed by atoms with van der Waals surface area (Å²) in [5.41, 5.74) is 1.04. The van der Waals surface area contributed by atoms with E-state index in [1.54, 1.807) is 17.9 Å². The summed E-state index contributed by atoms with van der Waals surface area (Å²) in [5.74, 6) is -1.05. The van der Waals surface area contributed by atoms with E-state index >= 15 is 0 Å². The number of likely N-dealkylation sites (tertiary alicyclic amines) is 1. The number of rotatable bonds is 5. The molecule has 2 aromatic rings. The maximum Gasteiger partial charge on any atom is 0.313 e. The lowest BCUT2D eigenvalue weighted by Gasteiger charge is -2.39. The molecule has 0 radical (unpaired) electrons. The number of pyridine rings is 1. The van der Waals surface area contributed by atoms with Gasteiger partial charge < -0.3 is 19.3 Å². The van der Waals surface area contributed by atoms with E-state index in [1.165, 1.54) is 7.11 Å². The molecule has 2 aromatic heterocycles. The number of carbonyl (C=O) groups is 2. The number of fused-ring (bicyclic) bond motifs is 1. The predicted molar refractivity (Wildman–Crippen MR) is 97.7 cm³/mol. The second-order valence-electron chi connectivity index (χ2n) is 7.55. The number of hydrogen-bond donors (Lipinski definition) is 1. The Morgan fingerprint density at radius 1 is 1.44 bits per heavy atom. The molecular formula is C19H25N3O5. The normalized spacial score (nSPS) is 20.4. The van der Waals surface area contributed by atoms with E-state index in [-0.39, 0.29) is 25.0 Å². The minimum atomic E-state index is -1.08. The first-order chi connectivity index (χ1) is 12.8. The fraction of sp³-hybridized carbons (Fsp3) is 0.579. The van der Waals surface area contributed by atoms with Crippen LogP contribution < -0.4 is 0 Å². The highest BCUT2D eigenvalue weighted by molar-refractivity contribution is 6.06. The molecular weight excluding hydrogens is 350 g/mol. The van der Waals surface area contributed by atoms with Gasteiger partial charge in [0.25, 0.3) is 11.6 Å². The molecule has 1 N–H and O–H groups in total. The molecule has 8 nitrogen and oxygen atoms in total. The molecule has 0 aromatic carbocycles. The van der Waals surface area contributed by atoms with Gasteiger partial charge in [-0.3, -0.25) is 9.59 Å². The summed E-state index contributed by atoms with van der Waals surface area (Å²) >= 11 is 0. The molecule has 1 saturated heterocycles. The van der Waals surface area contributed by atoms with E-state index in [9.17, 15) is 14.7 Å². The molecule has 8 heteroatoms. The number of amides is 1. The van der Waals surface area contributed by atoms with Crippen LogP contribution in [-0.4, -0.2) is 58.8 Å². The van der Waals surface area contributed by atoms with Crippen molar-refractivity contribution in [1.29, 1.82) is 0 Å².